The van der Waals surface area contributed by atoms with Crippen molar-refractivity contribution >= 4 is 23.6 Å². The van der Waals surface area contributed by atoms with Crippen LogP contribution in [0.5, 0.6) is 0 Å². The monoisotopic (exact) mass is 385 g/mol. The third-order valence-electron chi connectivity index (χ3n) is 6.37. The smallest absolute Gasteiger partial charge is 0.326 e. The first-order valence-electron chi connectivity index (χ1n) is 9.83. The van der Waals surface area contributed by atoms with Crippen LogP contribution in [0.3, 0.4) is 0 Å². The number of ether oxygens (including phenoxy) is 1. The molecular weight excluding hydrogens is 358 g/mol. The van der Waals surface area contributed by atoms with Crippen molar-refractivity contribution < 1.29 is 23.9 Å². The predicted molar refractivity (Wildman–Crippen MR) is 103 cm³/mol. The van der Waals surface area contributed by atoms with E-state index < -0.39 is 19.1 Å². The molecule has 2 aliphatic rings. The number of carbonyl (C=O) groups excluding carboxylic acids is 4. The van der Waals surface area contributed by atoms with E-state index in [9.17, 15) is 19.2 Å². The molecule has 1 saturated carbocycles. The van der Waals surface area contributed by atoms with Gasteiger partial charge in [-0.15, -0.1) is 0 Å². The molecule has 2 amide bonds. The number of carbonyl (C=O) groups is 4. The van der Waals surface area contributed by atoms with Gasteiger partial charge in [0.1, 0.15) is 6.54 Å². The number of hydrogen-bond acceptors (Lipinski definition) is 5. The molecule has 28 heavy (non-hydrogen) atoms. The summed E-state index contributed by atoms with van der Waals surface area (Å²) in [6, 6.07) is 1.81. The molecule has 0 N–H and O–H groups in total. The maximum absolute atomic E-state index is 12.5. The number of hydrogen-bond donors (Lipinski definition) is 0. The molecule has 3 rings (SSSR count). The van der Waals surface area contributed by atoms with E-state index in [1.165, 1.54) is 0 Å². The highest BCUT2D eigenvalue weighted by molar-refractivity contribution is 6.07. The van der Waals surface area contributed by atoms with Gasteiger partial charge in [0.05, 0.1) is 11.8 Å². The van der Waals surface area contributed by atoms with Gasteiger partial charge in [-0.25, -0.2) is 0 Å². The summed E-state index contributed by atoms with van der Waals surface area (Å²) in [6.45, 7) is 6.97. The summed E-state index contributed by atoms with van der Waals surface area (Å²) < 4.78 is 5.10. The summed E-state index contributed by atoms with van der Waals surface area (Å²) in [5, 5.41) is 0. The molecule has 6 heteroatoms. The number of aryl methyl sites for hydroxylation is 1. The fourth-order valence-electron chi connectivity index (χ4n) is 4.29. The number of imide groups is 1. The SMILES string of the molecule is Cc1cc(C(=O)COC(=O)CN2C(=O)[C@@H]3CCCC[C@H]3C2=O)c(C)c(C)c1C. The summed E-state index contributed by atoms with van der Waals surface area (Å²) in [5.74, 6) is -2.16. The molecule has 0 unspecified atom stereocenters. The number of esters is 1. The Bertz CT molecular complexity index is 833. The molecule has 1 aliphatic carbocycles. The lowest BCUT2D eigenvalue weighted by atomic mass is 9.81. The van der Waals surface area contributed by atoms with E-state index in [0.29, 0.717) is 18.4 Å². The highest BCUT2D eigenvalue weighted by Crippen LogP contribution is 2.37. The van der Waals surface area contributed by atoms with Gasteiger partial charge < -0.3 is 4.74 Å². The van der Waals surface area contributed by atoms with Crippen LogP contribution in [0.1, 0.15) is 58.3 Å². The van der Waals surface area contributed by atoms with Crippen LogP contribution >= 0.6 is 0 Å². The lowest BCUT2D eigenvalue weighted by Crippen LogP contribution is -2.37. The zero-order chi connectivity index (χ0) is 20.6. The molecule has 0 spiro atoms. The Balaban J connectivity index is 1.61. The summed E-state index contributed by atoms with van der Waals surface area (Å²) >= 11 is 0. The maximum Gasteiger partial charge on any atom is 0.326 e. The van der Waals surface area contributed by atoms with Crippen molar-refractivity contribution in [2.24, 2.45) is 11.8 Å². The standard InChI is InChI=1S/C22H27NO5/c1-12-9-18(15(4)14(3)13(12)2)19(24)11-28-20(25)10-23-21(26)16-7-5-6-8-17(16)22(23)27/h9,16-17H,5-8,10-11H2,1-4H3/t16-,17-/m1/s1. The second kappa shape index (κ2) is 7.86. The lowest BCUT2D eigenvalue weighted by molar-refractivity contribution is -0.152. The number of nitrogens with zero attached hydrogens (tertiary/aromatic N) is 1. The van der Waals surface area contributed by atoms with Crippen molar-refractivity contribution in [2.45, 2.75) is 53.4 Å². The van der Waals surface area contributed by atoms with Gasteiger partial charge in [0.2, 0.25) is 17.6 Å². The quantitative estimate of drug-likeness (QED) is 0.442. The molecule has 0 aromatic heterocycles. The molecule has 0 radical (unpaired) electrons. The minimum Gasteiger partial charge on any atom is -0.456 e. The molecule has 1 heterocycles. The van der Waals surface area contributed by atoms with Crippen LogP contribution in [0.2, 0.25) is 0 Å². The third-order valence-corrected chi connectivity index (χ3v) is 6.37. The first-order chi connectivity index (χ1) is 13.2. The number of fused-ring (bicyclic) bond motifs is 1. The van der Waals surface area contributed by atoms with E-state index >= 15 is 0 Å². The van der Waals surface area contributed by atoms with Crippen LogP contribution in [-0.2, 0) is 19.1 Å². The molecular formula is C22H27NO5. The topological polar surface area (TPSA) is 80.8 Å². The van der Waals surface area contributed by atoms with Crippen molar-refractivity contribution in [1.82, 2.24) is 4.90 Å². The van der Waals surface area contributed by atoms with Crippen molar-refractivity contribution in [3.63, 3.8) is 0 Å². The summed E-state index contributed by atoms with van der Waals surface area (Å²) in [7, 11) is 0. The predicted octanol–water partition coefficient (Wildman–Crippen LogP) is 2.82. The summed E-state index contributed by atoms with van der Waals surface area (Å²) in [5.41, 5.74) is 4.60. The molecule has 1 aliphatic heterocycles. The van der Waals surface area contributed by atoms with E-state index in [4.69, 9.17) is 4.74 Å². The summed E-state index contributed by atoms with van der Waals surface area (Å²) in [6.07, 6.45) is 3.26. The number of likely N-dealkylation sites (tertiary alicyclic amines) is 1. The van der Waals surface area contributed by atoms with Gasteiger partial charge in [0.15, 0.2) is 6.61 Å². The fourth-order valence-corrected chi connectivity index (χ4v) is 4.29. The van der Waals surface area contributed by atoms with Crippen molar-refractivity contribution in [3.8, 4) is 0 Å². The molecule has 1 saturated heterocycles. The zero-order valence-corrected chi connectivity index (χ0v) is 17.0. The van der Waals surface area contributed by atoms with Crippen LogP contribution in [0, 0.1) is 39.5 Å². The number of rotatable bonds is 5. The highest BCUT2D eigenvalue weighted by atomic mass is 16.5. The maximum atomic E-state index is 12.5. The van der Waals surface area contributed by atoms with Crippen molar-refractivity contribution in [1.29, 1.82) is 0 Å². The normalized spacial score (nSPS) is 21.6. The lowest BCUT2D eigenvalue weighted by Gasteiger charge is -2.19. The number of benzene rings is 1. The van der Waals surface area contributed by atoms with E-state index in [1.807, 2.05) is 33.8 Å². The Morgan fingerprint density at radius 1 is 0.964 bits per heavy atom. The minimum atomic E-state index is -0.730. The molecule has 0 bridgehead atoms. The number of ketones is 1. The first kappa shape index (κ1) is 20.2. The highest BCUT2D eigenvalue weighted by Gasteiger charge is 2.48. The molecule has 1 aromatic rings. The second-order valence-electron chi connectivity index (χ2n) is 7.96. The Kier molecular flexibility index (Phi) is 5.68. The number of Topliss-reactive ketones (excluding diaryl/α,β-unsaturated/α-hetero) is 1. The van der Waals surface area contributed by atoms with E-state index in [1.54, 1.807) is 0 Å². The van der Waals surface area contributed by atoms with Crippen molar-refractivity contribution in [2.75, 3.05) is 13.2 Å². The van der Waals surface area contributed by atoms with E-state index in [-0.39, 0.29) is 29.4 Å². The average molecular weight is 385 g/mol. The minimum absolute atomic E-state index is 0.279. The Labute approximate surface area is 165 Å². The van der Waals surface area contributed by atoms with Gasteiger partial charge in [-0.1, -0.05) is 12.8 Å². The van der Waals surface area contributed by atoms with Crippen LogP contribution in [0.25, 0.3) is 0 Å². The largest absolute Gasteiger partial charge is 0.456 e. The average Bonchev–Trinajstić information content (AvgIpc) is 2.92. The first-order valence-corrected chi connectivity index (χ1v) is 9.83. The Morgan fingerprint density at radius 2 is 1.54 bits per heavy atom. The Morgan fingerprint density at radius 3 is 2.11 bits per heavy atom. The zero-order valence-electron chi connectivity index (χ0n) is 17.0. The second-order valence-corrected chi connectivity index (χ2v) is 7.96. The molecule has 2 atom stereocenters. The van der Waals surface area contributed by atoms with Gasteiger partial charge in [0, 0.05) is 5.56 Å². The molecule has 1 aromatic carbocycles. The summed E-state index contributed by atoms with van der Waals surface area (Å²) in [4.78, 5) is 50.6. The molecule has 2 fully saturated rings. The van der Waals surface area contributed by atoms with Gasteiger partial charge in [-0.3, -0.25) is 24.1 Å². The number of amides is 2. The van der Waals surface area contributed by atoms with Crippen LogP contribution < -0.4 is 0 Å². The van der Waals surface area contributed by atoms with Gasteiger partial charge in [-0.05, 0) is 68.9 Å². The molecule has 6 nitrogen and oxygen atoms in total. The van der Waals surface area contributed by atoms with E-state index in [0.717, 1.165) is 40.0 Å². The fraction of sp³-hybridized carbons (Fsp3) is 0.545. The van der Waals surface area contributed by atoms with Crippen LogP contribution in [-0.4, -0.2) is 41.6 Å². The third kappa shape index (κ3) is 3.60. The Hall–Kier alpha value is -2.50. The van der Waals surface area contributed by atoms with Crippen LogP contribution in [0.15, 0.2) is 6.07 Å². The van der Waals surface area contributed by atoms with Crippen LogP contribution in [0.4, 0.5) is 0 Å². The molecule has 150 valence electrons. The van der Waals surface area contributed by atoms with Gasteiger partial charge >= 0.3 is 5.97 Å². The van der Waals surface area contributed by atoms with Crippen molar-refractivity contribution in [3.05, 3.63) is 33.9 Å². The van der Waals surface area contributed by atoms with E-state index in [2.05, 4.69) is 0 Å². The van der Waals surface area contributed by atoms with Gasteiger partial charge in [0.25, 0.3) is 0 Å². The van der Waals surface area contributed by atoms with Gasteiger partial charge in [-0.2, -0.15) is 0 Å².